The maximum absolute atomic E-state index is 12.8. The molecule has 134 valence electrons. The third kappa shape index (κ3) is 3.18. The SMILES string of the molecule is COc1ccc(N2CC(C(=O)N(C)C3CCN(C)C3=O)CC2=O)cc1. The monoisotopic (exact) mass is 345 g/mol. The van der Waals surface area contributed by atoms with Gasteiger partial charge in [0, 0.05) is 39.3 Å². The number of anilines is 1. The molecule has 7 nitrogen and oxygen atoms in total. The third-order valence-corrected chi connectivity index (χ3v) is 5.07. The summed E-state index contributed by atoms with van der Waals surface area (Å²) in [6.07, 6.45) is 0.812. The highest BCUT2D eigenvalue weighted by Gasteiger charge is 2.41. The van der Waals surface area contributed by atoms with Gasteiger partial charge in [0.1, 0.15) is 11.8 Å². The van der Waals surface area contributed by atoms with Crippen LogP contribution in [0.25, 0.3) is 0 Å². The van der Waals surface area contributed by atoms with E-state index in [9.17, 15) is 14.4 Å². The van der Waals surface area contributed by atoms with Crippen LogP contribution in [0.15, 0.2) is 24.3 Å². The van der Waals surface area contributed by atoms with Gasteiger partial charge in [-0.1, -0.05) is 0 Å². The Kier molecular flexibility index (Phi) is 4.65. The molecule has 1 aromatic rings. The number of hydrogen-bond donors (Lipinski definition) is 0. The van der Waals surface area contributed by atoms with Crippen LogP contribution in [0, 0.1) is 5.92 Å². The second-order valence-corrected chi connectivity index (χ2v) is 6.62. The minimum atomic E-state index is -0.418. The van der Waals surface area contributed by atoms with E-state index >= 15 is 0 Å². The first-order valence-corrected chi connectivity index (χ1v) is 8.38. The number of amides is 3. The largest absolute Gasteiger partial charge is 0.497 e. The predicted octanol–water partition coefficient (Wildman–Crippen LogP) is 0.737. The zero-order chi connectivity index (χ0) is 18.1. The highest BCUT2D eigenvalue weighted by molar-refractivity contribution is 6.01. The molecule has 0 saturated carbocycles. The second-order valence-electron chi connectivity index (χ2n) is 6.62. The lowest BCUT2D eigenvalue weighted by Gasteiger charge is -2.26. The number of methoxy groups -OCH3 is 1. The molecular formula is C18H23N3O4. The van der Waals surface area contributed by atoms with Gasteiger partial charge in [-0.05, 0) is 30.7 Å². The van der Waals surface area contributed by atoms with Gasteiger partial charge in [0.2, 0.25) is 17.7 Å². The minimum absolute atomic E-state index is 0.0350. The Bertz CT molecular complexity index is 688. The van der Waals surface area contributed by atoms with Gasteiger partial charge < -0.3 is 19.4 Å². The van der Waals surface area contributed by atoms with Gasteiger partial charge in [0.15, 0.2) is 0 Å². The van der Waals surface area contributed by atoms with Gasteiger partial charge in [0.05, 0.1) is 13.0 Å². The molecule has 2 heterocycles. The summed E-state index contributed by atoms with van der Waals surface area (Å²) in [6.45, 7) is 0.994. The van der Waals surface area contributed by atoms with Crippen LogP contribution in [0.2, 0.25) is 0 Å². The van der Waals surface area contributed by atoms with Crippen LogP contribution in [0.5, 0.6) is 5.75 Å². The molecule has 0 radical (unpaired) electrons. The van der Waals surface area contributed by atoms with Gasteiger partial charge in [-0.2, -0.15) is 0 Å². The summed E-state index contributed by atoms with van der Waals surface area (Å²) in [6, 6.07) is 6.78. The van der Waals surface area contributed by atoms with E-state index in [1.54, 1.807) is 43.1 Å². The molecule has 1 aromatic carbocycles. The summed E-state index contributed by atoms with van der Waals surface area (Å²) in [5.74, 6) is 0.0434. The van der Waals surface area contributed by atoms with E-state index in [1.807, 2.05) is 12.1 Å². The number of nitrogens with zero attached hydrogens (tertiary/aromatic N) is 3. The number of benzene rings is 1. The Morgan fingerprint density at radius 1 is 1.24 bits per heavy atom. The molecule has 2 atom stereocenters. The van der Waals surface area contributed by atoms with Gasteiger partial charge >= 0.3 is 0 Å². The van der Waals surface area contributed by atoms with Gasteiger partial charge in [-0.3, -0.25) is 14.4 Å². The highest BCUT2D eigenvalue weighted by Crippen LogP contribution is 2.28. The van der Waals surface area contributed by atoms with E-state index in [1.165, 1.54) is 4.90 Å². The van der Waals surface area contributed by atoms with Crippen LogP contribution in [-0.2, 0) is 14.4 Å². The fourth-order valence-corrected chi connectivity index (χ4v) is 3.49. The fourth-order valence-electron chi connectivity index (χ4n) is 3.49. The van der Waals surface area contributed by atoms with Crippen molar-refractivity contribution in [2.24, 2.45) is 5.92 Å². The molecule has 25 heavy (non-hydrogen) atoms. The fraction of sp³-hybridized carbons (Fsp3) is 0.500. The van der Waals surface area contributed by atoms with Gasteiger partial charge in [0.25, 0.3) is 0 Å². The molecule has 2 fully saturated rings. The maximum Gasteiger partial charge on any atom is 0.245 e. The summed E-state index contributed by atoms with van der Waals surface area (Å²) in [5.41, 5.74) is 0.750. The van der Waals surface area contributed by atoms with Crippen LogP contribution >= 0.6 is 0 Å². The summed E-state index contributed by atoms with van der Waals surface area (Å²) >= 11 is 0. The van der Waals surface area contributed by atoms with Crippen LogP contribution < -0.4 is 9.64 Å². The molecule has 3 amide bonds. The summed E-state index contributed by atoms with van der Waals surface area (Å²) in [4.78, 5) is 42.0. The molecule has 0 N–H and O–H groups in total. The van der Waals surface area contributed by atoms with Crippen LogP contribution in [0.3, 0.4) is 0 Å². The molecule has 2 unspecified atom stereocenters. The van der Waals surface area contributed by atoms with Crippen LogP contribution in [-0.4, -0.2) is 67.9 Å². The smallest absolute Gasteiger partial charge is 0.245 e. The molecule has 2 aliphatic rings. The standard InChI is InChI=1S/C18H23N3O4/c1-19-9-8-15(18(19)24)20(2)17(23)12-10-16(22)21(11-12)13-4-6-14(25-3)7-5-13/h4-7,12,15H,8-11H2,1-3H3. The highest BCUT2D eigenvalue weighted by atomic mass is 16.5. The van der Waals surface area contributed by atoms with Gasteiger partial charge in [-0.15, -0.1) is 0 Å². The number of likely N-dealkylation sites (N-methyl/N-ethyl adjacent to an activating group) is 2. The van der Waals surface area contributed by atoms with Crippen molar-refractivity contribution in [3.63, 3.8) is 0 Å². The third-order valence-electron chi connectivity index (χ3n) is 5.07. The Hall–Kier alpha value is -2.57. The topological polar surface area (TPSA) is 70.2 Å². The normalized spacial score (nSPS) is 23.3. The Morgan fingerprint density at radius 2 is 1.92 bits per heavy atom. The molecule has 2 aliphatic heterocycles. The van der Waals surface area contributed by atoms with E-state index in [0.717, 1.165) is 5.69 Å². The van der Waals surface area contributed by atoms with Crippen LogP contribution in [0.1, 0.15) is 12.8 Å². The molecule has 0 spiro atoms. The Morgan fingerprint density at radius 3 is 2.48 bits per heavy atom. The van der Waals surface area contributed by atoms with Crippen molar-refractivity contribution in [2.75, 3.05) is 39.2 Å². The number of carbonyl (C=O) groups excluding carboxylic acids is 3. The van der Waals surface area contributed by atoms with E-state index in [4.69, 9.17) is 4.74 Å². The number of ether oxygens (including phenoxy) is 1. The van der Waals surface area contributed by atoms with Crippen molar-refractivity contribution >= 4 is 23.4 Å². The molecular weight excluding hydrogens is 322 g/mol. The minimum Gasteiger partial charge on any atom is -0.497 e. The molecule has 0 aromatic heterocycles. The van der Waals surface area contributed by atoms with Crippen molar-refractivity contribution in [2.45, 2.75) is 18.9 Å². The molecule has 3 rings (SSSR count). The zero-order valence-electron chi connectivity index (χ0n) is 14.8. The molecule has 7 heteroatoms. The Labute approximate surface area is 147 Å². The molecule has 0 bridgehead atoms. The summed E-state index contributed by atoms with van der Waals surface area (Å²) in [7, 11) is 4.98. The lowest BCUT2D eigenvalue weighted by molar-refractivity contribution is -0.142. The summed E-state index contributed by atoms with van der Waals surface area (Å²) in [5, 5.41) is 0. The van der Waals surface area contributed by atoms with Crippen molar-refractivity contribution < 1.29 is 19.1 Å². The molecule has 2 saturated heterocycles. The average Bonchev–Trinajstić information content (AvgIpc) is 3.17. The number of rotatable bonds is 4. The average molecular weight is 345 g/mol. The van der Waals surface area contributed by atoms with E-state index < -0.39 is 12.0 Å². The molecule has 0 aliphatic carbocycles. The van der Waals surface area contributed by atoms with E-state index in [-0.39, 0.29) is 24.1 Å². The number of carbonyl (C=O) groups is 3. The van der Waals surface area contributed by atoms with Crippen molar-refractivity contribution in [3.8, 4) is 5.75 Å². The lowest BCUT2D eigenvalue weighted by Crippen LogP contribution is -2.45. The summed E-state index contributed by atoms with van der Waals surface area (Å²) < 4.78 is 5.13. The van der Waals surface area contributed by atoms with Crippen LogP contribution in [0.4, 0.5) is 5.69 Å². The quantitative estimate of drug-likeness (QED) is 0.807. The maximum atomic E-state index is 12.8. The van der Waals surface area contributed by atoms with E-state index in [0.29, 0.717) is 25.3 Å². The lowest BCUT2D eigenvalue weighted by atomic mass is 10.1. The van der Waals surface area contributed by atoms with Crippen molar-refractivity contribution in [1.82, 2.24) is 9.80 Å². The first kappa shape index (κ1) is 17.3. The predicted molar refractivity (Wildman–Crippen MR) is 92.3 cm³/mol. The Balaban J connectivity index is 1.69. The van der Waals surface area contributed by atoms with Crippen molar-refractivity contribution in [3.05, 3.63) is 24.3 Å². The number of hydrogen-bond acceptors (Lipinski definition) is 4. The van der Waals surface area contributed by atoms with Gasteiger partial charge in [-0.25, -0.2) is 0 Å². The van der Waals surface area contributed by atoms with Crippen molar-refractivity contribution in [1.29, 1.82) is 0 Å². The number of likely N-dealkylation sites (tertiary alicyclic amines) is 1. The zero-order valence-corrected chi connectivity index (χ0v) is 14.8. The first-order valence-electron chi connectivity index (χ1n) is 8.38. The second kappa shape index (κ2) is 6.74. The van der Waals surface area contributed by atoms with E-state index in [2.05, 4.69) is 0 Å². The first-order chi connectivity index (χ1) is 11.9.